The molecule has 0 saturated carbocycles. The van der Waals surface area contributed by atoms with Crippen LogP contribution in [0.1, 0.15) is 33.4 Å². The minimum absolute atomic E-state index is 0.604. The molecular weight excluding hydrogens is 1160 g/mol. The molecule has 0 bridgehead atoms. The van der Waals surface area contributed by atoms with Crippen LogP contribution in [0.15, 0.2) is 285 Å². The van der Waals surface area contributed by atoms with E-state index >= 15 is 0 Å². The number of fused-ring (bicyclic) bond motifs is 24. The zero-order valence-electron chi connectivity index (χ0n) is 50.6. The van der Waals surface area contributed by atoms with Crippen LogP contribution in [0.5, 0.6) is 11.5 Å². The highest BCUT2D eigenvalue weighted by atomic mass is 16.5. The fourth-order valence-electron chi connectivity index (χ4n) is 16.6. The molecule has 10 nitrogen and oxygen atoms in total. The molecule has 0 radical (unpaired) electrons. The molecular formula is C85H47N9O. The van der Waals surface area contributed by atoms with E-state index in [2.05, 4.69) is 284 Å². The number of hydrogen-bond donors (Lipinski definition) is 0. The van der Waals surface area contributed by atoms with Gasteiger partial charge in [0.2, 0.25) is 0 Å². The monoisotopic (exact) mass is 1210 g/mol. The molecule has 1 spiro atoms. The predicted molar refractivity (Wildman–Crippen MR) is 381 cm³/mol. The Bertz CT molecular complexity index is 6480. The lowest BCUT2D eigenvalue weighted by Crippen LogP contribution is -2.32. The second kappa shape index (κ2) is 18.9. The molecule has 2 aliphatic rings. The van der Waals surface area contributed by atoms with E-state index in [-0.39, 0.29) is 0 Å². The van der Waals surface area contributed by atoms with Crippen LogP contribution >= 0.6 is 0 Å². The number of nitrogens with zero attached hydrogens (tertiary/aromatic N) is 9. The third-order valence-corrected chi connectivity index (χ3v) is 20.4. The average Bonchev–Trinajstić information content (AvgIpc) is 1.56. The molecule has 7 aromatic heterocycles. The topological polar surface area (TPSA) is 107 Å². The number of aromatic nitrogens is 7. The molecule has 0 saturated heterocycles. The molecule has 1 aliphatic carbocycles. The first kappa shape index (κ1) is 51.5. The van der Waals surface area contributed by atoms with Gasteiger partial charge in [-0.3, -0.25) is 9.97 Å². The summed E-state index contributed by atoms with van der Waals surface area (Å²) in [6.07, 6.45) is 4.05. The van der Waals surface area contributed by atoms with Crippen LogP contribution in [0.3, 0.4) is 0 Å². The Balaban J connectivity index is 0.850. The lowest BCUT2D eigenvalue weighted by Gasteiger charge is -2.39. The molecule has 0 amide bonds. The van der Waals surface area contributed by atoms with E-state index in [0.29, 0.717) is 22.6 Å². The highest BCUT2D eigenvalue weighted by Gasteiger charge is 2.53. The van der Waals surface area contributed by atoms with Crippen LogP contribution in [-0.2, 0) is 5.41 Å². The maximum absolute atomic E-state index is 10.2. The summed E-state index contributed by atoms with van der Waals surface area (Å²) in [6, 6.07) is 102. The summed E-state index contributed by atoms with van der Waals surface area (Å²) in [5.41, 5.74) is 20.9. The predicted octanol–water partition coefficient (Wildman–Crippen LogP) is 20.2. The van der Waals surface area contributed by atoms with Gasteiger partial charge in [0.15, 0.2) is 0 Å². The maximum atomic E-state index is 10.2. The van der Waals surface area contributed by atoms with Crippen molar-refractivity contribution in [1.29, 1.82) is 10.5 Å². The summed E-state index contributed by atoms with van der Waals surface area (Å²) in [6.45, 7) is 0. The number of nitriles is 2. The molecule has 0 atom stereocenters. The van der Waals surface area contributed by atoms with E-state index in [9.17, 15) is 10.5 Å². The Morgan fingerprint density at radius 3 is 0.905 bits per heavy atom. The van der Waals surface area contributed by atoms with Crippen molar-refractivity contribution in [3.05, 3.63) is 319 Å². The molecule has 21 rings (SSSR count). The molecule has 0 unspecified atom stereocenters. The summed E-state index contributed by atoms with van der Waals surface area (Å²) in [5, 5.41) is 31.2. The number of rotatable bonds is 5. The molecule has 1 aliphatic heterocycles. The maximum Gasteiger partial charge on any atom is 0.134 e. The third-order valence-electron chi connectivity index (χ3n) is 20.4. The zero-order chi connectivity index (χ0) is 62.4. The third kappa shape index (κ3) is 6.83. The van der Waals surface area contributed by atoms with Crippen LogP contribution in [0.4, 0.5) is 0 Å². The number of pyridine rings is 2. The number of ether oxygens (including phenoxy) is 1. The molecule has 0 fully saturated rings. The van der Waals surface area contributed by atoms with Crippen LogP contribution in [0.2, 0.25) is 0 Å². The first-order valence-electron chi connectivity index (χ1n) is 31.9. The van der Waals surface area contributed by atoms with E-state index in [1.807, 2.05) is 36.7 Å². The van der Waals surface area contributed by atoms with Gasteiger partial charge in [-0.2, -0.15) is 10.5 Å². The lowest BCUT2D eigenvalue weighted by atomic mass is 9.66. The van der Waals surface area contributed by atoms with Crippen molar-refractivity contribution in [2.75, 3.05) is 0 Å². The minimum atomic E-state index is -1.07. The lowest BCUT2D eigenvalue weighted by molar-refractivity contribution is 0.436. The van der Waals surface area contributed by atoms with Gasteiger partial charge in [-0.05, 0) is 121 Å². The minimum Gasteiger partial charge on any atom is -0.457 e. The fourth-order valence-corrected chi connectivity index (χ4v) is 16.6. The Labute approximate surface area is 541 Å². The van der Waals surface area contributed by atoms with Crippen molar-refractivity contribution in [2.45, 2.75) is 5.41 Å². The molecule has 438 valence electrons. The normalized spacial score (nSPS) is 13.0. The average molecular weight is 1210 g/mol. The molecule has 0 N–H and O–H groups in total. The van der Waals surface area contributed by atoms with Crippen LogP contribution in [-0.4, -0.2) is 32.8 Å². The van der Waals surface area contributed by atoms with Gasteiger partial charge in [-0.25, -0.2) is 0 Å². The smallest absolute Gasteiger partial charge is 0.134 e. The molecule has 19 aromatic rings. The second-order valence-corrected chi connectivity index (χ2v) is 25.1. The van der Waals surface area contributed by atoms with Crippen LogP contribution in [0.25, 0.3) is 149 Å². The molecule has 8 heterocycles. The van der Waals surface area contributed by atoms with E-state index in [4.69, 9.17) is 14.7 Å². The second-order valence-electron chi connectivity index (χ2n) is 25.1. The summed E-state index contributed by atoms with van der Waals surface area (Å²) >= 11 is 0. The van der Waals surface area contributed by atoms with Crippen LogP contribution < -0.4 is 4.74 Å². The van der Waals surface area contributed by atoms with Gasteiger partial charge in [0, 0.05) is 105 Å². The SMILES string of the molecule is N#Cc1ccc2c(c1)c1ccccc1n2-c1ccc2c(c1)Oc1cc(-n3c4ccccc4c4cc(-n5c6ccccc6c6cc(C#N)ccc65)ccc43)ccc1C21c2cc(-n3c4ccccc4c4ccccc43)cnc2-c2ncc(-n3c4ccccc4c4ccccc43)cc21. The highest BCUT2D eigenvalue weighted by Crippen LogP contribution is 2.63. The standard InChI is InChI=1S/C85H47N9O/c86-46-50-29-36-78-64(39-50)61-19-5-12-26-75(61)90(78)52-33-38-80-66(41-52)63-21-7-14-28-77(63)92(80)54-32-35-68-82(45-54)95-81-44-53(91-76-27-13-6-20-62(76)65-40-51(47-87)30-37-79(65)91)31-34-67(81)85(68)69-42-55(93-71-22-8-1-15-57(71)58-16-2-9-23-72(58)93)48-88-83(69)84-70(85)43-56(49-89-84)94-73-24-10-3-17-59(73)60-18-4-11-25-74(60)94/h1-45,48-49H. The molecule has 95 heavy (non-hydrogen) atoms. The largest absolute Gasteiger partial charge is 0.457 e. The molecule has 10 heteroatoms. The van der Waals surface area contributed by atoms with Crippen molar-refractivity contribution in [2.24, 2.45) is 0 Å². The van der Waals surface area contributed by atoms with Gasteiger partial charge in [0.05, 0.1) is 119 Å². The number of hydrogen-bond acceptors (Lipinski definition) is 5. The summed E-state index contributed by atoms with van der Waals surface area (Å²) in [4.78, 5) is 11.2. The summed E-state index contributed by atoms with van der Waals surface area (Å²) < 4.78 is 19.4. The van der Waals surface area contributed by atoms with Gasteiger partial charge in [0.25, 0.3) is 0 Å². The van der Waals surface area contributed by atoms with Crippen LogP contribution in [0, 0.1) is 22.7 Å². The van der Waals surface area contributed by atoms with Crippen molar-refractivity contribution in [3.63, 3.8) is 0 Å². The van der Waals surface area contributed by atoms with Gasteiger partial charge in [-0.1, -0.05) is 140 Å². The Kier molecular flexibility index (Phi) is 10.2. The van der Waals surface area contributed by atoms with E-state index in [1.165, 1.54) is 0 Å². The van der Waals surface area contributed by atoms with Gasteiger partial charge < -0.3 is 27.6 Å². The fraction of sp³-hybridized carbons (Fsp3) is 0.0118. The van der Waals surface area contributed by atoms with Crippen molar-refractivity contribution >= 4 is 109 Å². The summed E-state index contributed by atoms with van der Waals surface area (Å²) in [7, 11) is 0. The number of benzene rings is 12. The highest BCUT2D eigenvalue weighted by molar-refractivity contribution is 6.14. The first-order valence-corrected chi connectivity index (χ1v) is 31.9. The van der Waals surface area contributed by atoms with Gasteiger partial charge >= 0.3 is 0 Å². The Hall–Kier alpha value is -13.3. The Morgan fingerprint density at radius 2 is 0.547 bits per heavy atom. The quantitative estimate of drug-likeness (QED) is 0.171. The van der Waals surface area contributed by atoms with Crippen molar-refractivity contribution in [1.82, 2.24) is 32.8 Å². The van der Waals surface area contributed by atoms with Crippen molar-refractivity contribution in [3.8, 4) is 63.5 Å². The van der Waals surface area contributed by atoms with E-state index in [1.54, 1.807) is 0 Å². The Morgan fingerprint density at radius 1 is 0.263 bits per heavy atom. The van der Waals surface area contributed by atoms with Gasteiger partial charge in [-0.15, -0.1) is 0 Å². The summed E-state index contributed by atoms with van der Waals surface area (Å²) in [5.74, 6) is 1.39. The van der Waals surface area contributed by atoms with Gasteiger partial charge in [0.1, 0.15) is 11.5 Å². The first-order chi connectivity index (χ1) is 47.0. The van der Waals surface area contributed by atoms with Crippen molar-refractivity contribution < 1.29 is 4.74 Å². The molecule has 12 aromatic carbocycles. The zero-order valence-corrected chi connectivity index (χ0v) is 50.6. The number of para-hydroxylation sites is 7. The van der Waals surface area contributed by atoms with E-state index in [0.717, 1.165) is 171 Å². The van der Waals surface area contributed by atoms with E-state index < -0.39 is 5.41 Å².